The molecule has 2 rings (SSSR count). The molecular formula is C13H24N2O2. The Morgan fingerprint density at radius 3 is 2.59 bits per heavy atom. The minimum Gasteiger partial charge on any atom is -0.462 e. The van der Waals surface area contributed by atoms with Gasteiger partial charge in [0.25, 0.3) is 0 Å². The van der Waals surface area contributed by atoms with Gasteiger partial charge in [0.2, 0.25) is 0 Å². The van der Waals surface area contributed by atoms with Crippen LogP contribution in [0.5, 0.6) is 0 Å². The van der Waals surface area contributed by atoms with Crippen molar-refractivity contribution >= 4 is 5.97 Å². The van der Waals surface area contributed by atoms with E-state index < -0.39 is 0 Å². The molecule has 1 heterocycles. The first kappa shape index (κ1) is 12.8. The molecule has 0 amide bonds. The first-order valence-corrected chi connectivity index (χ1v) is 6.80. The van der Waals surface area contributed by atoms with Crippen molar-refractivity contribution in [1.82, 2.24) is 4.90 Å². The predicted molar refractivity (Wildman–Crippen MR) is 66.5 cm³/mol. The molecule has 0 aromatic carbocycles. The number of esters is 1. The Balaban J connectivity index is 1.76. The van der Waals surface area contributed by atoms with Crippen molar-refractivity contribution < 1.29 is 9.53 Å². The molecule has 0 bridgehead atoms. The van der Waals surface area contributed by atoms with E-state index in [1.165, 1.54) is 0 Å². The lowest BCUT2D eigenvalue weighted by molar-refractivity contribution is -0.157. The van der Waals surface area contributed by atoms with Crippen LogP contribution in [-0.4, -0.2) is 43.2 Å². The van der Waals surface area contributed by atoms with Gasteiger partial charge in [-0.3, -0.25) is 4.79 Å². The van der Waals surface area contributed by atoms with E-state index in [1.54, 1.807) is 0 Å². The van der Waals surface area contributed by atoms with Gasteiger partial charge in [-0.15, -0.1) is 0 Å². The number of ether oxygens (including phenoxy) is 1. The summed E-state index contributed by atoms with van der Waals surface area (Å²) in [6.07, 6.45) is 5.97. The number of hydrogen-bond donors (Lipinski definition) is 1. The van der Waals surface area contributed by atoms with Crippen molar-refractivity contribution in [2.45, 2.75) is 50.7 Å². The number of nitrogens with two attached hydrogens (primary N) is 1. The maximum atomic E-state index is 12.0. The zero-order chi connectivity index (χ0) is 12.3. The molecule has 2 atom stereocenters. The van der Waals surface area contributed by atoms with E-state index >= 15 is 0 Å². The summed E-state index contributed by atoms with van der Waals surface area (Å²) >= 11 is 0. The molecule has 0 aromatic rings. The Morgan fingerprint density at radius 2 is 1.94 bits per heavy atom. The summed E-state index contributed by atoms with van der Waals surface area (Å²) in [6.45, 7) is 2.06. The summed E-state index contributed by atoms with van der Waals surface area (Å²) in [6, 6.07) is 0.193. The minimum absolute atomic E-state index is 0.00490. The molecular weight excluding hydrogens is 216 g/mol. The first-order valence-electron chi connectivity index (χ1n) is 6.80. The van der Waals surface area contributed by atoms with Crippen LogP contribution in [0.3, 0.4) is 0 Å². The molecule has 1 aliphatic carbocycles. The summed E-state index contributed by atoms with van der Waals surface area (Å²) in [4.78, 5) is 14.3. The highest BCUT2D eigenvalue weighted by molar-refractivity contribution is 5.72. The van der Waals surface area contributed by atoms with Crippen molar-refractivity contribution in [3.63, 3.8) is 0 Å². The van der Waals surface area contributed by atoms with Crippen molar-refractivity contribution in [2.75, 3.05) is 20.1 Å². The van der Waals surface area contributed by atoms with Gasteiger partial charge >= 0.3 is 5.97 Å². The van der Waals surface area contributed by atoms with Gasteiger partial charge in [-0.1, -0.05) is 6.42 Å². The quantitative estimate of drug-likeness (QED) is 0.735. The van der Waals surface area contributed by atoms with Crippen LogP contribution < -0.4 is 5.73 Å². The predicted octanol–water partition coefficient (Wildman–Crippen LogP) is 1.14. The second-order valence-electron chi connectivity index (χ2n) is 5.56. The number of carbonyl (C=O) groups excluding carboxylic acids is 1. The molecule has 0 radical (unpaired) electrons. The SMILES string of the molecule is CN1CCC(OC(=O)C2CCCC(N)C2)CC1. The fourth-order valence-corrected chi connectivity index (χ4v) is 2.80. The Kier molecular flexibility index (Phi) is 4.40. The van der Waals surface area contributed by atoms with Crippen LogP contribution in [0, 0.1) is 5.92 Å². The second-order valence-corrected chi connectivity index (χ2v) is 5.56. The Morgan fingerprint density at radius 1 is 1.24 bits per heavy atom. The van der Waals surface area contributed by atoms with E-state index in [1.807, 2.05) is 0 Å². The largest absolute Gasteiger partial charge is 0.462 e. The molecule has 2 unspecified atom stereocenters. The summed E-state index contributed by atoms with van der Waals surface area (Å²) < 4.78 is 5.61. The van der Waals surface area contributed by atoms with Gasteiger partial charge < -0.3 is 15.4 Å². The summed E-state index contributed by atoms with van der Waals surface area (Å²) in [7, 11) is 2.11. The normalized spacial score (nSPS) is 32.4. The van der Waals surface area contributed by atoms with Gasteiger partial charge in [0.1, 0.15) is 6.10 Å². The summed E-state index contributed by atoms with van der Waals surface area (Å²) in [5, 5.41) is 0. The third-order valence-corrected chi connectivity index (χ3v) is 4.00. The maximum absolute atomic E-state index is 12.0. The van der Waals surface area contributed by atoms with Gasteiger partial charge in [-0.05, 0) is 39.2 Å². The lowest BCUT2D eigenvalue weighted by Gasteiger charge is -2.31. The molecule has 1 aliphatic heterocycles. The van der Waals surface area contributed by atoms with Crippen LogP contribution in [0.15, 0.2) is 0 Å². The zero-order valence-corrected chi connectivity index (χ0v) is 10.7. The number of rotatable bonds is 2. The smallest absolute Gasteiger partial charge is 0.309 e. The average Bonchev–Trinajstić information content (AvgIpc) is 2.32. The highest BCUT2D eigenvalue weighted by Crippen LogP contribution is 2.25. The van der Waals surface area contributed by atoms with Crippen LogP contribution in [0.4, 0.5) is 0 Å². The summed E-state index contributed by atoms with van der Waals surface area (Å²) in [5.41, 5.74) is 5.90. The van der Waals surface area contributed by atoms with Crippen LogP contribution in [0.1, 0.15) is 38.5 Å². The number of carbonyl (C=O) groups is 1. The Hall–Kier alpha value is -0.610. The van der Waals surface area contributed by atoms with Gasteiger partial charge in [0.05, 0.1) is 5.92 Å². The molecule has 17 heavy (non-hydrogen) atoms. The molecule has 4 nitrogen and oxygen atoms in total. The lowest BCUT2D eigenvalue weighted by atomic mass is 9.86. The highest BCUT2D eigenvalue weighted by atomic mass is 16.5. The van der Waals surface area contributed by atoms with Gasteiger partial charge in [0, 0.05) is 19.1 Å². The van der Waals surface area contributed by atoms with Crippen LogP contribution in [0.2, 0.25) is 0 Å². The summed E-state index contributed by atoms with van der Waals surface area (Å²) in [5.74, 6) is 0.0492. The second kappa shape index (κ2) is 5.83. The fourth-order valence-electron chi connectivity index (χ4n) is 2.80. The van der Waals surface area contributed by atoms with Crippen molar-refractivity contribution in [1.29, 1.82) is 0 Å². The Labute approximate surface area is 103 Å². The maximum Gasteiger partial charge on any atom is 0.309 e. The van der Waals surface area contributed by atoms with E-state index in [-0.39, 0.29) is 24.0 Å². The molecule has 98 valence electrons. The van der Waals surface area contributed by atoms with Crippen LogP contribution in [-0.2, 0) is 9.53 Å². The molecule has 2 fully saturated rings. The van der Waals surface area contributed by atoms with Gasteiger partial charge in [0.15, 0.2) is 0 Å². The van der Waals surface area contributed by atoms with E-state index in [0.29, 0.717) is 0 Å². The standard InChI is InChI=1S/C13H24N2O2/c1-15-7-5-12(6-8-15)17-13(16)10-3-2-4-11(14)9-10/h10-12H,2-9,14H2,1H3. The molecule has 0 spiro atoms. The first-order chi connectivity index (χ1) is 8.15. The van der Waals surface area contributed by atoms with Crippen molar-refractivity contribution in [2.24, 2.45) is 11.7 Å². The van der Waals surface area contributed by atoms with Crippen LogP contribution >= 0.6 is 0 Å². The van der Waals surface area contributed by atoms with Crippen molar-refractivity contribution in [3.05, 3.63) is 0 Å². The Bertz CT molecular complexity index is 262. The average molecular weight is 240 g/mol. The van der Waals surface area contributed by atoms with Gasteiger partial charge in [-0.2, -0.15) is 0 Å². The van der Waals surface area contributed by atoms with E-state index in [4.69, 9.17) is 10.5 Å². The molecule has 1 saturated heterocycles. The van der Waals surface area contributed by atoms with Crippen molar-refractivity contribution in [3.8, 4) is 0 Å². The van der Waals surface area contributed by atoms with Crippen LogP contribution in [0.25, 0.3) is 0 Å². The minimum atomic E-state index is -0.00490. The molecule has 2 aliphatic rings. The zero-order valence-electron chi connectivity index (χ0n) is 10.7. The lowest BCUT2D eigenvalue weighted by Crippen LogP contribution is -2.38. The number of nitrogens with zero attached hydrogens (tertiary/aromatic N) is 1. The fraction of sp³-hybridized carbons (Fsp3) is 0.923. The number of likely N-dealkylation sites (tertiary alicyclic amines) is 1. The molecule has 0 aromatic heterocycles. The van der Waals surface area contributed by atoms with E-state index in [0.717, 1.165) is 51.6 Å². The van der Waals surface area contributed by atoms with Gasteiger partial charge in [-0.25, -0.2) is 0 Å². The third kappa shape index (κ3) is 3.68. The molecule has 4 heteroatoms. The topological polar surface area (TPSA) is 55.6 Å². The van der Waals surface area contributed by atoms with E-state index in [9.17, 15) is 4.79 Å². The highest BCUT2D eigenvalue weighted by Gasteiger charge is 2.29. The third-order valence-electron chi connectivity index (χ3n) is 4.00. The molecule has 2 N–H and O–H groups in total. The monoisotopic (exact) mass is 240 g/mol. The number of hydrogen-bond acceptors (Lipinski definition) is 4. The number of piperidine rings is 1. The van der Waals surface area contributed by atoms with E-state index in [2.05, 4.69) is 11.9 Å². The molecule has 1 saturated carbocycles.